The van der Waals surface area contributed by atoms with Gasteiger partial charge in [-0.3, -0.25) is 4.99 Å². The lowest BCUT2D eigenvalue weighted by molar-refractivity contribution is 0.114. The van der Waals surface area contributed by atoms with Gasteiger partial charge in [-0.25, -0.2) is 0 Å². The van der Waals surface area contributed by atoms with Gasteiger partial charge in [-0.15, -0.1) is 0 Å². The van der Waals surface area contributed by atoms with Crippen molar-refractivity contribution < 1.29 is 9.47 Å². The fourth-order valence-corrected chi connectivity index (χ4v) is 2.94. The molecule has 0 atom stereocenters. The van der Waals surface area contributed by atoms with Crippen LogP contribution in [0.15, 0.2) is 29.3 Å². The van der Waals surface area contributed by atoms with Crippen LogP contribution in [0.1, 0.15) is 13.8 Å². The van der Waals surface area contributed by atoms with E-state index in [0.29, 0.717) is 12.5 Å². The number of hydrogen-bond acceptors (Lipinski definition) is 4. The zero-order valence-corrected chi connectivity index (χ0v) is 16.0. The molecule has 0 spiro atoms. The maximum Gasteiger partial charge on any atom is 0.193 e. The first-order chi connectivity index (χ1) is 12.2. The van der Waals surface area contributed by atoms with E-state index in [9.17, 15) is 0 Å². The van der Waals surface area contributed by atoms with Gasteiger partial charge in [0.2, 0.25) is 0 Å². The second-order valence-electron chi connectivity index (χ2n) is 6.59. The van der Waals surface area contributed by atoms with Gasteiger partial charge in [0, 0.05) is 46.4 Å². The second kappa shape index (κ2) is 10.1. The number of piperazine rings is 1. The molecular formula is C19H32N4O2. The Hall–Kier alpha value is -1.95. The summed E-state index contributed by atoms with van der Waals surface area (Å²) < 4.78 is 11.1. The molecular weight excluding hydrogens is 316 g/mol. The van der Waals surface area contributed by atoms with Crippen LogP contribution in [0.4, 0.5) is 5.69 Å². The maximum atomic E-state index is 5.62. The molecule has 0 aliphatic carbocycles. The van der Waals surface area contributed by atoms with E-state index in [4.69, 9.17) is 9.47 Å². The number of para-hydroxylation sites is 2. The highest BCUT2D eigenvalue weighted by atomic mass is 16.5. The zero-order valence-electron chi connectivity index (χ0n) is 16.0. The van der Waals surface area contributed by atoms with Crippen LogP contribution in [-0.2, 0) is 4.74 Å². The average Bonchev–Trinajstić information content (AvgIpc) is 2.64. The van der Waals surface area contributed by atoms with Crippen LogP contribution in [-0.4, -0.2) is 71.0 Å². The lowest BCUT2D eigenvalue weighted by atomic mass is 10.2. The van der Waals surface area contributed by atoms with Crippen molar-refractivity contribution >= 4 is 11.6 Å². The number of ether oxygens (including phenoxy) is 2. The first-order valence-electron chi connectivity index (χ1n) is 9.07. The summed E-state index contributed by atoms with van der Waals surface area (Å²) in [7, 11) is 3.56. The molecule has 0 amide bonds. The van der Waals surface area contributed by atoms with Gasteiger partial charge < -0.3 is 24.6 Å². The Bertz CT molecular complexity index is 540. The van der Waals surface area contributed by atoms with Crippen molar-refractivity contribution in [3.63, 3.8) is 0 Å². The molecule has 1 N–H and O–H groups in total. The highest BCUT2D eigenvalue weighted by Gasteiger charge is 2.21. The molecule has 1 heterocycles. The van der Waals surface area contributed by atoms with Crippen molar-refractivity contribution in [2.75, 3.05) is 65.0 Å². The van der Waals surface area contributed by atoms with E-state index in [2.05, 4.69) is 46.1 Å². The van der Waals surface area contributed by atoms with Gasteiger partial charge in [-0.1, -0.05) is 26.0 Å². The normalized spacial score (nSPS) is 15.6. The molecule has 1 aromatic carbocycles. The number of nitrogens with one attached hydrogen (secondary N) is 1. The molecule has 6 heteroatoms. The minimum atomic E-state index is 0.572. The summed E-state index contributed by atoms with van der Waals surface area (Å²) in [6.45, 7) is 10.4. The fraction of sp³-hybridized carbons (Fsp3) is 0.632. The molecule has 1 saturated heterocycles. The van der Waals surface area contributed by atoms with Crippen molar-refractivity contribution in [3.8, 4) is 5.75 Å². The number of anilines is 1. The van der Waals surface area contributed by atoms with E-state index in [1.165, 1.54) is 0 Å². The number of hydrogen-bond donors (Lipinski definition) is 1. The van der Waals surface area contributed by atoms with Gasteiger partial charge in [0.1, 0.15) is 5.75 Å². The molecule has 6 nitrogen and oxygen atoms in total. The van der Waals surface area contributed by atoms with Crippen molar-refractivity contribution in [2.45, 2.75) is 13.8 Å². The zero-order chi connectivity index (χ0) is 18.1. The van der Waals surface area contributed by atoms with Gasteiger partial charge in [0.25, 0.3) is 0 Å². The van der Waals surface area contributed by atoms with Crippen molar-refractivity contribution in [1.29, 1.82) is 0 Å². The molecule has 1 aliphatic rings. The number of benzene rings is 1. The Balaban J connectivity index is 1.79. The summed E-state index contributed by atoms with van der Waals surface area (Å²) in [5.41, 5.74) is 1.16. The first kappa shape index (κ1) is 19.4. The summed E-state index contributed by atoms with van der Waals surface area (Å²) in [6, 6.07) is 8.20. The number of rotatable bonds is 7. The highest BCUT2D eigenvalue weighted by molar-refractivity contribution is 5.80. The smallest absolute Gasteiger partial charge is 0.193 e. The average molecular weight is 348 g/mol. The topological polar surface area (TPSA) is 49.3 Å². The molecule has 25 heavy (non-hydrogen) atoms. The monoisotopic (exact) mass is 348 g/mol. The lowest BCUT2D eigenvalue weighted by Gasteiger charge is -2.38. The third-order valence-corrected chi connectivity index (χ3v) is 4.20. The predicted octanol–water partition coefficient (Wildman–Crippen LogP) is 2.07. The molecule has 140 valence electrons. The minimum Gasteiger partial charge on any atom is -0.495 e. The molecule has 1 aliphatic heterocycles. The SMILES string of the molecule is CN=C(NCCOCC(C)C)N1CCN(c2ccccc2OC)CC1. The van der Waals surface area contributed by atoms with Gasteiger partial charge >= 0.3 is 0 Å². The van der Waals surface area contributed by atoms with Crippen LogP contribution in [0.25, 0.3) is 0 Å². The standard InChI is InChI=1S/C19H32N4O2/c1-16(2)15-25-14-9-21-19(20-3)23-12-10-22(11-13-23)17-7-5-6-8-18(17)24-4/h5-8,16H,9-15H2,1-4H3,(H,20,21). The van der Waals surface area contributed by atoms with Gasteiger partial charge in [0.05, 0.1) is 19.4 Å². The lowest BCUT2D eigenvalue weighted by Crippen LogP contribution is -2.53. The van der Waals surface area contributed by atoms with Crippen LogP contribution < -0.4 is 15.0 Å². The Morgan fingerprint density at radius 1 is 1.20 bits per heavy atom. The molecule has 0 aromatic heterocycles. The molecule has 0 saturated carbocycles. The van der Waals surface area contributed by atoms with Crippen molar-refractivity contribution in [3.05, 3.63) is 24.3 Å². The Morgan fingerprint density at radius 2 is 1.92 bits per heavy atom. The van der Waals surface area contributed by atoms with E-state index in [1.807, 2.05) is 19.2 Å². The summed E-state index contributed by atoms with van der Waals surface area (Å²) in [4.78, 5) is 9.08. The number of aliphatic imine (C=N–C) groups is 1. The predicted molar refractivity (Wildman–Crippen MR) is 104 cm³/mol. The van der Waals surface area contributed by atoms with Crippen molar-refractivity contribution in [2.24, 2.45) is 10.9 Å². The van der Waals surface area contributed by atoms with Crippen molar-refractivity contribution in [1.82, 2.24) is 10.2 Å². The summed E-state index contributed by atoms with van der Waals surface area (Å²) in [6.07, 6.45) is 0. The van der Waals surface area contributed by atoms with Crippen LogP contribution in [0.5, 0.6) is 5.75 Å². The van der Waals surface area contributed by atoms with Crippen LogP contribution >= 0.6 is 0 Å². The fourth-order valence-electron chi connectivity index (χ4n) is 2.94. The Kier molecular flexibility index (Phi) is 7.85. The van der Waals surface area contributed by atoms with E-state index in [1.54, 1.807) is 7.11 Å². The van der Waals surface area contributed by atoms with Gasteiger partial charge in [0.15, 0.2) is 5.96 Å². The van der Waals surface area contributed by atoms with E-state index < -0.39 is 0 Å². The summed E-state index contributed by atoms with van der Waals surface area (Å²) in [5, 5.41) is 3.40. The van der Waals surface area contributed by atoms with Gasteiger partial charge in [-0.2, -0.15) is 0 Å². The van der Waals surface area contributed by atoms with Crippen LogP contribution in [0.3, 0.4) is 0 Å². The summed E-state index contributed by atoms with van der Waals surface area (Å²) >= 11 is 0. The van der Waals surface area contributed by atoms with E-state index >= 15 is 0 Å². The molecule has 0 unspecified atom stereocenters. The third-order valence-electron chi connectivity index (χ3n) is 4.20. The Morgan fingerprint density at radius 3 is 2.56 bits per heavy atom. The van der Waals surface area contributed by atoms with E-state index in [0.717, 1.165) is 56.7 Å². The van der Waals surface area contributed by atoms with E-state index in [-0.39, 0.29) is 0 Å². The molecule has 2 rings (SSSR count). The third kappa shape index (κ3) is 5.81. The molecule has 1 fully saturated rings. The first-order valence-corrected chi connectivity index (χ1v) is 9.07. The Labute approximate surface area is 151 Å². The van der Waals surface area contributed by atoms with Crippen LogP contribution in [0.2, 0.25) is 0 Å². The quantitative estimate of drug-likeness (QED) is 0.464. The second-order valence-corrected chi connectivity index (χ2v) is 6.59. The number of nitrogens with zero attached hydrogens (tertiary/aromatic N) is 3. The maximum absolute atomic E-state index is 5.62. The number of guanidine groups is 1. The molecule has 0 bridgehead atoms. The van der Waals surface area contributed by atoms with Crippen LogP contribution in [0, 0.1) is 5.92 Å². The van der Waals surface area contributed by atoms with Gasteiger partial charge in [-0.05, 0) is 18.1 Å². The highest BCUT2D eigenvalue weighted by Crippen LogP contribution is 2.28. The molecule has 1 aromatic rings. The summed E-state index contributed by atoms with van der Waals surface area (Å²) in [5.74, 6) is 2.45. The molecule has 0 radical (unpaired) electrons. The minimum absolute atomic E-state index is 0.572. The number of methoxy groups -OCH3 is 1. The largest absolute Gasteiger partial charge is 0.495 e.